The van der Waals surface area contributed by atoms with Crippen LogP contribution in [0.5, 0.6) is 0 Å². The summed E-state index contributed by atoms with van der Waals surface area (Å²) in [7, 11) is 1.27. The predicted octanol–water partition coefficient (Wildman–Crippen LogP) is 0.863. The third-order valence-corrected chi connectivity index (χ3v) is 7.83. The van der Waals surface area contributed by atoms with Gasteiger partial charge in [0, 0.05) is 17.3 Å². The van der Waals surface area contributed by atoms with Crippen LogP contribution < -0.4 is 0 Å². The van der Waals surface area contributed by atoms with Crippen LogP contribution in [0.3, 0.4) is 0 Å². The summed E-state index contributed by atoms with van der Waals surface area (Å²) >= 11 is 0. The molecule has 4 nitrogen and oxygen atoms in total. The molecule has 106 valence electrons. The van der Waals surface area contributed by atoms with Crippen molar-refractivity contribution in [2.45, 2.75) is 5.92 Å². The molecule has 7 aliphatic rings. The minimum atomic E-state index is -2.62. The Morgan fingerprint density at radius 3 is 2.05 bits per heavy atom. The Balaban J connectivity index is 1.59. The molecule has 0 aromatic heterocycles. The summed E-state index contributed by atoms with van der Waals surface area (Å²) in [5.74, 6) is -7.08. The fraction of sp³-hybridized carbons (Fsp3) is 0.857. The van der Waals surface area contributed by atoms with Crippen molar-refractivity contribution in [3.63, 3.8) is 0 Å². The minimum absolute atomic E-state index is 0.125. The lowest BCUT2D eigenvalue weighted by Crippen LogP contribution is -2.42. The summed E-state index contributed by atoms with van der Waals surface area (Å²) in [4.78, 5) is 23.9. The van der Waals surface area contributed by atoms with Crippen molar-refractivity contribution in [2.24, 2.45) is 58.2 Å². The molecular weight excluding hydrogens is 270 g/mol. The third-order valence-electron chi connectivity index (χ3n) is 7.83. The number of carbonyl (C=O) groups is 2. The van der Waals surface area contributed by atoms with Crippen molar-refractivity contribution < 1.29 is 28.2 Å². The number of rotatable bonds is 2. The highest BCUT2D eigenvalue weighted by atomic mass is 19.3. The molecule has 7 aliphatic carbocycles. The van der Waals surface area contributed by atoms with Gasteiger partial charge in [-0.05, 0) is 29.6 Å². The lowest BCUT2D eigenvalue weighted by Gasteiger charge is -2.34. The van der Waals surface area contributed by atoms with Crippen LogP contribution in [0.25, 0.3) is 0 Å². The van der Waals surface area contributed by atoms with E-state index >= 15 is 0 Å². The lowest BCUT2D eigenvalue weighted by atomic mass is 9.73. The van der Waals surface area contributed by atoms with E-state index in [-0.39, 0.29) is 29.6 Å². The molecule has 7 saturated carbocycles. The van der Waals surface area contributed by atoms with Gasteiger partial charge in [-0.1, -0.05) is 0 Å². The van der Waals surface area contributed by atoms with E-state index in [0.717, 1.165) is 0 Å². The number of alkyl halides is 2. The summed E-state index contributed by atoms with van der Waals surface area (Å²) in [5, 5.41) is 9.49. The number of methoxy groups -OCH3 is 1. The number of carboxylic acid groups (broad SMARTS) is 1. The lowest BCUT2D eigenvalue weighted by molar-refractivity contribution is -0.159. The predicted molar refractivity (Wildman–Crippen MR) is 57.4 cm³/mol. The molecule has 8 atom stereocenters. The zero-order valence-electron chi connectivity index (χ0n) is 10.5. The molecule has 0 amide bonds. The second kappa shape index (κ2) is 2.20. The highest BCUT2D eigenvalue weighted by Crippen LogP contribution is 3.09. The van der Waals surface area contributed by atoms with Crippen molar-refractivity contribution >= 4 is 11.9 Å². The first-order chi connectivity index (χ1) is 9.41. The van der Waals surface area contributed by atoms with Gasteiger partial charge in [0.2, 0.25) is 0 Å². The molecule has 8 unspecified atom stereocenters. The Kier molecular flexibility index (Phi) is 1.16. The number of carbonyl (C=O) groups excluding carboxylic acids is 1. The van der Waals surface area contributed by atoms with Crippen LogP contribution in [0.15, 0.2) is 0 Å². The maximum absolute atomic E-state index is 14.2. The average Bonchev–Trinajstić information content (AvgIpc) is 3.25. The third kappa shape index (κ3) is 0.544. The highest BCUT2D eigenvalue weighted by Gasteiger charge is 3.14. The van der Waals surface area contributed by atoms with Crippen LogP contribution in [0.2, 0.25) is 0 Å². The maximum Gasteiger partial charge on any atom is 0.313 e. The average molecular weight is 282 g/mol. The van der Waals surface area contributed by atoms with Gasteiger partial charge in [-0.15, -0.1) is 0 Å². The second-order valence-electron chi connectivity index (χ2n) is 7.52. The standard InChI is InChI=1S/C14H12F2O4/c1-20-11(19)13-4-2-5-7(2)14(15,16)8-3(4)6(8)12(5,13)9(13)10(17)18/h2-9H,1H3,(H,17,18). The van der Waals surface area contributed by atoms with Gasteiger partial charge < -0.3 is 9.84 Å². The van der Waals surface area contributed by atoms with Crippen LogP contribution >= 0.6 is 0 Å². The van der Waals surface area contributed by atoms with E-state index < -0.39 is 46.4 Å². The van der Waals surface area contributed by atoms with Crippen LogP contribution in [-0.2, 0) is 14.3 Å². The molecule has 0 heterocycles. The highest BCUT2D eigenvalue weighted by molar-refractivity contribution is 5.97. The molecule has 6 heteroatoms. The van der Waals surface area contributed by atoms with Crippen LogP contribution in [0.4, 0.5) is 8.78 Å². The summed E-state index contributed by atoms with van der Waals surface area (Å²) in [5.41, 5.74) is -1.63. The first-order valence-corrected chi connectivity index (χ1v) is 7.10. The Hall–Kier alpha value is -1.20. The van der Waals surface area contributed by atoms with Gasteiger partial charge in [0.15, 0.2) is 0 Å². The van der Waals surface area contributed by atoms with Gasteiger partial charge in [-0.2, -0.15) is 0 Å². The van der Waals surface area contributed by atoms with Gasteiger partial charge in [0.25, 0.3) is 5.92 Å². The first-order valence-electron chi connectivity index (χ1n) is 7.10. The monoisotopic (exact) mass is 282 g/mol. The Labute approximate surface area is 112 Å². The summed E-state index contributed by atoms with van der Waals surface area (Å²) in [6.45, 7) is 0. The molecule has 0 saturated heterocycles. The zero-order valence-corrected chi connectivity index (χ0v) is 10.5. The molecule has 4 bridgehead atoms. The topological polar surface area (TPSA) is 63.6 Å². The number of ether oxygens (including phenoxy) is 1. The van der Waals surface area contributed by atoms with E-state index in [4.69, 9.17) is 4.74 Å². The number of carboxylic acids is 1. The van der Waals surface area contributed by atoms with E-state index in [2.05, 4.69) is 0 Å². The largest absolute Gasteiger partial charge is 0.481 e. The molecule has 0 aromatic rings. The van der Waals surface area contributed by atoms with Gasteiger partial charge in [0.05, 0.1) is 18.4 Å². The Morgan fingerprint density at radius 1 is 1.05 bits per heavy atom. The molecule has 0 radical (unpaired) electrons. The summed E-state index contributed by atoms with van der Waals surface area (Å²) < 4.78 is 33.3. The van der Waals surface area contributed by atoms with E-state index in [1.807, 2.05) is 0 Å². The number of halogens is 2. The van der Waals surface area contributed by atoms with Crippen molar-refractivity contribution in [1.29, 1.82) is 0 Å². The van der Waals surface area contributed by atoms with E-state index in [1.54, 1.807) is 0 Å². The van der Waals surface area contributed by atoms with Gasteiger partial charge in [-0.3, -0.25) is 9.59 Å². The van der Waals surface area contributed by atoms with E-state index in [1.165, 1.54) is 7.11 Å². The zero-order chi connectivity index (χ0) is 14.0. The van der Waals surface area contributed by atoms with Gasteiger partial charge in [-0.25, -0.2) is 8.78 Å². The van der Waals surface area contributed by atoms with E-state index in [9.17, 15) is 23.5 Å². The van der Waals surface area contributed by atoms with Crippen molar-refractivity contribution in [2.75, 3.05) is 7.11 Å². The number of aliphatic carboxylic acids is 1. The van der Waals surface area contributed by atoms with E-state index in [0.29, 0.717) is 0 Å². The smallest absolute Gasteiger partial charge is 0.313 e. The molecule has 7 fully saturated rings. The number of esters is 1. The van der Waals surface area contributed by atoms with Crippen molar-refractivity contribution in [1.82, 2.24) is 0 Å². The Bertz CT molecular complexity index is 619. The summed E-state index contributed by atoms with van der Waals surface area (Å²) in [6, 6.07) is 0. The van der Waals surface area contributed by atoms with Crippen LogP contribution in [-0.4, -0.2) is 30.1 Å². The maximum atomic E-state index is 14.2. The minimum Gasteiger partial charge on any atom is -0.481 e. The molecule has 0 aliphatic heterocycles. The van der Waals surface area contributed by atoms with Crippen molar-refractivity contribution in [3.05, 3.63) is 0 Å². The quantitative estimate of drug-likeness (QED) is 0.763. The van der Waals surface area contributed by atoms with Crippen LogP contribution in [0, 0.1) is 58.2 Å². The SMILES string of the molecule is COC(=O)C12C3C4C5C4C1(C1C3C1C5(F)F)C2C(=O)O. The summed E-state index contributed by atoms with van der Waals surface area (Å²) in [6.07, 6.45) is 0. The normalized spacial score (nSPS) is 70.2. The second-order valence-corrected chi connectivity index (χ2v) is 7.52. The molecule has 20 heavy (non-hydrogen) atoms. The van der Waals surface area contributed by atoms with Gasteiger partial charge >= 0.3 is 11.9 Å². The van der Waals surface area contributed by atoms with Crippen LogP contribution in [0.1, 0.15) is 0 Å². The molecule has 1 spiro atoms. The molecule has 7 rings (SSSR count). The fourth-order valence-corrected chi connectivity index (χ4v) is 8.05. The number of hydrogen-bond donors (Lipinski definition) is 1. The van der Waals surface area contributed by atoms with Crippen molar-refractivity contribution in [3.8, 4) is 0 Å². The van der Waals surface area contributed by atoms with Gasteiger partial charge in [0.1, 0.15) is 0 Å². The Morgan fingerprint density at radius 2 is 1.60 bits per heavy atom. The molecule has 0 aromatic carbocycles. The molecular formula is C14H12F2O4. The molecule has 1 N–H and O–H groups in total. The fourth-order valence-electron chi connectivity index (χ4n) is 8.05. The first kappa shape index (κ1) is 10.5. The number of hydrogen-bond acceptors (Lipinski definition) is 3.